The first-order chi connectivity index (χ1) is 4.63. The van der Waals surface area contributed by atoms with Gasteiger partial charge in [0.15, 0.2) is 5.78 Å². The second-order valence-corrected chi connectivity index (χ2v) is 2.54. The van der Waals surface area contributed by atoms with Crippen LogP contribution in [0.25, 0.3) is 0 Å². The number of amides is 1. The van der Waals surface area contributed by atoms with E-state index in [1.807, 2.05) is 0 Å². The highest BCUT2D eigenvalue weighted by atomic mass is 16.2. The molecule has 0 radical (unpaired) electrons. The molecule has 2 unspecified atom stereocenters. The summed E-state index contributed by atoms with van der Waals surface area (Å²) in [6.07, 6.45) is 1.11. The molecule has 4 N–H and O–H groups in total. The highest BCUT2D eigenvalue weighted by Crippen LogP contribution is 2.19. The number of hydrogen-bond donors (Lipinski definition) is 2. The summed E-state index contributed by atoms with van der Waals surface area (Å²) < 4.78 is 0. The largest absolute Gasteiger partial charge is 0.369 e. The van der Waals surface area contributed by atoms with Crippen LogP contribution in [-0.2, 0) is 9.59 Å². The zero-order chi connectivity index (χ0) is 7.72. The molecule has 4 heteroatoms. The fourth-order valence-electron chi connectivity index (χ4n) is 1.17. The third-order valence-corrected chi connectivity index (χ3v) is 1.82. The fourth-order valence-corrected chi connectivity index (χ4v) is 1.17. The molecule has 0 saturated heterocycles. The minimum Gasteiger partial charge on any atom is -0.369 e. The Hall–Kier alpha value is -0.900. The Morgan fingerprint density at radius 1 is 1.50 bits per heavy atom. The summed E-state index contributed by atoms with van der Waals surface area (Å²) >= 11 is 0. The number of primary amides is 1. The molecular formula is C6H10N2O2. The van der Waals surface area contributed by atoms with Crippen LogP contribution < -0.4 is 11.5 Å². The molecule has 1 fully saturated rings. The Labute approximate surface area is 58.6 Å². The van der Waals surface area contributed by atoms with Gasteiger partial charge >= 0.3 is 0 Å². The van der Waals surface area contributed by atoms with Crippen LogP contribution in [0.1, 0.15) is 12.8 Å². The van der Waals surface area contributed by atoms with Crippen LogP contribution in [0, 0.1) is 5.92 Å². The van der Waals surface area contributed by atoms with Gasteiger partial charge in [-0.1, -0.05) is 0 Å². The number of nitrogens with two attached hydrogens (primary N) is 2. The van der Waals surface area contributed by atoms with Gasteiger partial charge in [-0.05, 0) is 12.8 Å². The Bertz CT molecular complexity index is 179. The van der Waals surface area contributed by atoms with Crippen molar-refractivity contribution in [2.45, 2.75) is 18.9 Å². The lowest BCUT2D eigenvalue weighted by Crippen LogP contribution is -2.33. The smallest absolute Gasteiger partial charge is 0.228 e. The van der Waals surface area contributed by atoms with E-state index in [2.05, 4.69) is 0 Å². The van der Waals surface area contributed by atoms with Gasteiger partial charge in [-0.15, -0.1) is 0 Å². The normalized spacial score (nSPS) is 32.7. The fraction of sp³-hybridized carbons (Fsp3) is 0.667. The summed E-state index contributed by atoms with van der Waals surface area (Å²) in [7, 11) is 0. The SMILES string of the molecule is NC(=O)C1CCC(N)C1=O. The van der Waals surface area contributed by atoms with E-state index in [-0.39, 0.29) is 5.78 Å². The first-order valence-electron chi connectivity index (χ1n) is 3.21. The second kappa shape index (κ2) is 2.38. The van der Waals surface area contributed by atoms with E-state index in [1.54, 1.807) is 0 Å². The Morgan fingerprint density at radius 3 is 2.30 bits per heavy atom. The first-order valence-corrected chi connectivity index (χ1v) is 3.21. The average molecular weight is 142 g/mol. The van der Waals surface area contributed by atoms with Gasteiger partial charge in [0.25, 0.3) is 0 Å². The highest BCUT2D eigenvalue weighted by molar-refractivity contribution is 6.04. The van der Waals surface area contributed by atoms with Crippen molar-refractivity contribution in [3.05, 3.63) is 0 Å². The lowest BCUT2D eigenvalue weighted by Gasteiger charge is -2.00. The van der Waals surface area contributed by atoms with Crippen molar-refractivity contribution in [3.8, 4) is 0 Å². The van der Waals surface area contributed by atoms with Gasteiger partial charge in [-0.3, -0.25) is 9.59 Å². The Balaban J connectivity index is 2.66. The molecule has 56 valence electrons. The van der Waals surface area contributed by atoms with E-state index in [0.29, 0.717) is 12.8 Å². The summed E-state index contributed by atoms with van der Waals surface area (Å²) in [5.74, 6) is -1.36. The van der Waals surface area contributed by atoms with Gasteiger partial charge in [-0.2, -0.15) is 0 Å². The minimum absolute atomic E-state index is 0.201. The molecule has 2 atom stereocenters. The number of rotatable bonds is 1. The quantitative estimate of drug-likeness (QED) is 0.450. The van der Waals surface area contributed by atoms with Gasteiger partial charge < -0.3 is 11.5 Å². The maximum absolute atomic E-state index is 10.9. The topological polar surface area (TPSA) is 86.2 Å². The van der Waals surface area contributed by atoms with Crippen molar-refractivity contribution in [3.63, 3.8) is 0 Å². The number of carbonyl (C=O) groups excluding carboxylic acids is 2. The standard InChI is InChI=1S/C6H10N2O2/c7-4-2-1-3(5(4)9)6(8)10/h3-4H,1-2,7H2,(H2,8,10). The van der Waals surface area contributed by atoms with Gasteiger partial charge in [0, 0.05) is 0 Å². The van der Waals surface area contributed by atoms with Crippen LogP contribution in [0.5, 0.6) is 0 Å². The summed E-state index contributed by atoms with van der Waals surface area (Å²) in [5, 5.41) is 0. The molecule has 1 saturated carbocycles. The monoisotopic (exact) mass is 142 g/mol. The lowest BCUT2D eigenvalue weighted by atomic mass is 10.1. The molecule has 0 aliphatic heterocycles. The third-order valence-electron chi connectivity index (χ3n) is 1.82. The molecule has 0 aromatic carbocycles. The van der Waals surface area contributed by atoms with Crippen LogP contribution in [-0.4, -0.2) is 17.7 Å². The van der Waals surface area contributed by atoms with Crippen LogP contribution in [0.15, 0.2) is 0 Å². The van der Waals surface area contributed by atoms with Crippen molar-refractivity contribution in [1.29, 1.82) is 0 Å². The third kappa shape index (κ3) is 1.02. The summed E-state index contributed by atoms with van der Waals surface area (Å²) in [6.45, 7) is 0. The maximum atomic E-state index is 10.9. The molecule has 0 spiro atoms. The first kappa shape index (κ1) is 7.21. The van der Waals surface area contributed by atoms with Crippen LogP contribution >= 0.6 is 0 Å². The van der Waals surface area contributed by atoms with Gasteiger partial charge in [-0.25, -0.2) is 0 Å². The van der Waals surface area contributed by atoms with Crippen molar-refractivity contribution < 1.29 is 9.59 Å². The molecule has 0 bridgehead atoms. The van der Waals surface area contributed by atoms with Crippen molar-refractivity contribution in [2.75, 3.05) is 0 Å². The molecule has 1 amide bonds. The summed E-state index contributed by atoms with van der Waals surface area (Å²) in [5.41, 5.74) is 10.3. The number of ketones is 1. The molecule has 1 rings (SSSR count). The van der Waals surface area contributed by atoms with Gasteiger partial charge in [0.1, 0.15) is 0 Å². The van der Waals surface area contributed by atoms with Crippen LogP contribution in [0.3, 0.4) is 0 Å². The molecule has 0 aromatic heterocycles. The van der Waals surface area contributed by atoms with Gasteiger partial charge in [0.05, 0.1) is 12.0 Å². The Kier molecular flexibility index (Phi) is 1.72. The van der Waals surface area contributed by atoms with E-state index >= 15 is 0 Å². The predicted molar refractivity (Wildman–Crippen MR) is 34.9 cm³/mol. The maximum Gasteiger partial charge on any atom is 0.228 e. The average Bonchev–Trinajstić information content (AvgIpc) is 2.14. The van der Waals surface area contributed by atoms with Crippen molar-refractivity contribution in [2.24, 2.45) is 17.4 Å². The molecule has 0 heterocycles. The Morgan fingerprint density at radius 2 is 2.10 bits per heavy atom. The van der Waals surface area contributed by atoms with Gasteiger partial charge in [0.2, 0.25) is 5.91 Å². The molecule has 1 aliphatic rings. The molecule has 1 aliphatic carbocycles. The van der Waals surface area contributed by atoms with Crippen molar-refractivity contribution in [1.82, 2.24) is 0 Å². The van der Waals surface area contributed by atoms with Crippen LogP contribution in [0.4, 0.5) is 0 Å². The molecular weight excluding hydrogens is 132 g/mol. The molecule has 10 heavy (non-hydrogen) atoms. The predicted octanol–water partition coefficient (Wildman–Crippen LogP) is -1.22. The number of carbonyl (C=O) groups is 2. The zero-order valence-corrected chi connectivity index (χ0v) is 5.54. The second-order valence-electron chi connectivity index (χ2n) is 2.54. The molecule has 4 nitrogen and oxygen atoms in total. The van der Waals surface area contributed by atoms with Crippen LogP contribution in [0.2, 0.25) is 0 Å². The van der Waals surface area contributed by atoms with E-state index in [1.165, 1.54) is 0 Å². The van der Waals surface area contributed by atoms with E-state index in [9.17, 15) is 9.59 Å². The number of Topliss-reactive ketones (excluding diaryl/α,β-unsaturated/α-hetero) is 1. The highest BCUT2D eigenvalue weighted by Gasteiger charge is 2.35. The molecule has 0 aromatic rings. The summed E-state index contributed by atoms with van der Waals surface area (Å²) in [4.78, 5) is 21.4. The van der Waals surface area contributed by atoms with Crippen molar-refractivity contribution >= 4 is 11.7 Å². The van der Waals surface area contributed by atoms with E-state index in [4.69, 9.17) is 11.5 Å². The number of hydrogen-bond acceptors (Lipinski definition) is 3. The zero-order valence-electron chi connectivity index (χ0n) is 5.54. The van der Waals surface area contributed by atoms with E-state index < -0.39 is 17.9 Å². The van der Waals surface area contributed by atoms with E-state index in [0.717, 1.165) is 0 Å². The summed E-state index contributed by atoms with van der Waals surface area (Å²) in [6, 6.07) is -0.461. The lowest BCUT2D eigenvalue weighted by molar-refractivity contribution is -0.130. The minimum atomic E-state index is -0.616.